The zero-order chi connectivity index (χ0) is 37.6. The lowest BCUT2D eigenvalue weighted by Gasteiger charge is -2.53. The number of hydrogen-bond acceptors (Lipinski definition) is 12. The highest BCUT2D eigenvalue weighted by atomic mass is 35.5. The number of carbonyl (C=O) groups is 4. The van der Waals surface area contributed by atoms with E-state index in [-0.39, 0.29) is 55.7 Å². The van der Waals surface area contributed by atoms with Gasteiger partial charge in [-0.3, -0.25) is 19.3 Å². The number of halogens is 1. The van der Waals surface area contributed by atoms with Gasteiger partial charge >= 0.3 is 5.97 Å². The number of allylic oxidation sites excluding steroid dienone is 1. The Morgan fingerprint density at radius 2 is 1.96 bits per heavy atom. The van der Waals surface area contributed by atoms with Gasteiger partial charge in [0.05, 0.1) is 30.2 Å². The van der Waals surface area contributed by atoms with Gasteiger partial charge in [0.1, 0.15) is 23.7 Å². The van der Waals surface area contributed by atoms with Gasteiger partial charge in [-0.25, -0.2) is 9.78 Å². The van der Waals surface area contributed by atoms with E-state index in [0.29, 0.717) is 13.0 Å². The van der Waals surface area contributed by atoms with E-state index in [1.54, 1.807) is 16.7 Å². The monoisotopic (exact) mass is 764 g/mol. The second-order valence-electron chi connectivity index (χ2n) is 13.8. The molecule has 0 radical (unpaired) electrons. The topological polar surface area (TPSA) is 217 Å². The van der Waals surface area contributed by atoms with Crippen molar-refractivity contribution in [3.05, 3.63) is 45.1 Å². The number of nitrogens with two attached hydrogens (primary N) is 1. The summed E-state index contributed by atoms with van der Waals surface area (Å²) in [5.41, 5.74) is 5.92. The molecule has 0 unspecified atom stereocenters. The van der Waals surface area contributed by atoms with Crippen LogP contribution in [-0.2, 0) is 19.2 Å². The lowest BCUT2D eigenvalue weighted by Crippen LogP contribution is -2.71. The third-order valence-corrected chi connectivity index (χ3v) is 12.5. The lowest BCUT2D eigenvalue weighted by molar-refractivity contribution is -0.934. The SMILES string of the molecule is CC[C@@H]1C[C@H](NC(=O)c2ccc(O)c(O)c2Cl)CC[N@+]1(C)CC1=C(C)N2C(=O)[C@@H](NC(=O)/C(=N\OC(C)(C)C(=O)O)c3csc(N)n3)[C@H]2S[C@H]1C. The van der Waals surface area contributed by atoms with Gasteiger partial charge in [0.25, 0.3) is 17.7 Å². The van der Waals surface area contributed by atoms with Crippen molar-refractivity contribution >= 4 is 69.2 Å². The average Bonchev–Trinajstić information content (AvgIpc) is 3.50. The molecule has 18 heteroatoms. The third kappa shape index (κ3) is 7.47. The molecule has 7 N–H and O–H groups in total. The van der Waals surface area contributed by atoms with E-state index in [9.17, 15) is 34.5 Å². The molecule has 1 aromatic heterocycles. The summed E-state index contributed by atoms with van der Waals surface area (Å²) in [6, 6.07) is 1.84. The van der Waals surface area contributed by atoms with Gasteiger partial charge in [-0.2, -0.15) is 0 Å². The van der Waals surface area contributed by atoms with Gasteiger partial charge < -0.3 is 41.0 Å². The van der Waals surface area contributed by atoms with E-state index < -0.39 is 40.9 Å². The molecule has 0 spiro atoms. The van der Waals surface area contributed by atoms with Crippen LogP contribution in [0.1, 0.15) is 69.9 Å². The van der Waals surface area contributed by atoms with Gasteiger partial charge in [-0.15, -0.1) is 23.1 Å². The van der Waals surface area contributed by atoms with Crippen molar-refractivity contribution in [3.8, 4) is 11.5 Å². The second kappa shape index (κ2) is 14.5. The quantitative estimate of drug-likeness (QED) is 0.0642. The number of likely N-dealkylation sites (tertiary alicyclic amines) is 1. The Morgan fingerprint density at radius 3 is 2.59 bits per heavy atom. The first-order valence-electron chi connectivity index (χ1n) is 16.4. The zero-order valence-electron chi connectivity index (χ0n) is 29.1. The molecule has 1 aromatic carbocycles. The molecule has 3 aliphatic rings. The molecule has 51 heavy (non-hydrogen) atoms. The molecular formula is C33H43ClN7O8S2+. The van der Waals surface area contributed by atoms with Crippen LogP contribution >= 0.6 is 34.7 Å². The number of anilines is 1. The fourth-order valence-corrected chi connectivity index (χ4v) is 9.09. The number of rotatable bonds is 11. The van der Waals surface area contributed by atoms with Crippen molar-refractivity contribution in [2.45, 2.75) is 88.2 Å². The number of aliphatic carboxylic acids is 1. The summed E-state index contributed by atoms with van der Waals surface area (Å²) in [7, 11) is 2.20. The molecule has 4 heterocycles. The van der Waals surface area contributed by atoms with E-state index >= 15 is 0 Å². The fraction of sp³-hybridized carbons (Fsp3) is 0.515. The number of piperidine rings is 1. The number of β-lactam (4-membered cyclic amide) rings is 1. The van der Waals surface area contributed by atoms with Crippen molar-refractivity contribution in [2.24, 2.45) is 5.16 Å². The summed E-state index contributed by atoms with van der Waals surface area (Å²) < 4.78 is 0.720. The summed E-state index contributed by atoms with van der Waals surface area (Å²) in [6.45, 7) is 10.2. The number of nitrogen functional groups attached to an aromatic ring is 1. The minimum Gasteiger partial charge on any atom is -0.504 e. The van der Waals surface area contributed by atoms with E-state index in [1.807, 2.05) is 6.92 Å². The summed E-state index contributed by atoms with van der Waals surface area (Å²) in [6.07, 6.45) is 2.28. The number of aromatic hydroxyl groups is 2. The number of amides is 3. The molecule has 0 saturated carbocycles. The number of quaternary nitrogens is 1. The summed E-state index contributed by atoms with van der Waals surface area (Å²) >= 11 is 8.78. The number of aromatic nitrogens is 1. The number of thiazole rings is 1. The molecular weight excluding hydrogens is 722 g/mol. The van der Waals surface area contributed by atoms with Crippen LogP contribution in [0, 0.1) is 0 Å². The Kier molecular flexibility index (Phi) is 10.9. The minimum absolute atomic E-state index is 0.0270. The molecule has 2 aromatic rings. The average molecular weight is 765 g/mol. The third-order valence-electron chi connectivity index (χ3n) is 9.95. The van der Waals surface area contributed by atoms with Crippen LogP contribution in [0.5, 0.6) is 11.5 Å². The molecule has 276 valence electrons. The largest absolute Gasteiger partial charge is 0.504 e. The Bertz CT molecular complexity index is 1820. The van der Waals surface area contributed by atoms with Crippen LogP contribution in [0.4, 0.5) is 5.13 Å². The molecule has 6 atom stereocenters. The van der Waals surface area contributed by atoms with Gasteiger partial charge in [0.2, 0.25) is 5.60 Å². The van der Waals surface area contributed by atoms with Gasteiger partial charge in [0, 0.05) is 40.8 Å². The number of hydrogen-bond donors (Lipinski definition) is 6. The maximum Gasteiger partial charge on any atom is 0.350 e. The number of phenols is 2. The highest BCUT2D eigenvalue weighted by Crippen LogP contribution is 2.45. The van der Waals surface area contributed by atoms with Crippen LogP contribution in [0.3, 0.4) is 0 Å². The molecule has 2 saturated heterocycles. The number of carboxylic acid groups (broad SMARTS) is 1. The predicted octanol–water partition coefficient (Wildman–Crippen LogP) is 3.25. The summed E-state index contributed by atoms with van der Waals surface area (Å²) in [4.78, 5) is 62.7. The molecule has 5 rings (SSSR count). The Labute approximate surface area is 308 Å². The first kappa shape index (κ1) is 38.2. The van der Waals surface area contributed by atoms with E-state index in [4.69, 9.17) is 22.2 Å². The number of nitrogens with one attached hydrogen (secondary N) is 2. The highest BCUT2D eigenvalue weighted by molar-refractivity contribution is 8.00. The van der Waals surface area contributed by atoms with Crippen molar-refractivity contribution in [3.63, 3.8) is 0 Å². The number of phenolic OH excluding ortho intramolecular Hbond substituents is 2. The van der Waals surface area contributed by atoms with Crippen molar-refractivity contribution in [2.75, 3.05) is 25.9 Å². The number of oxime groups is 1. The molecule has 2 fully saturated rings. The number of likely N-dealkylation sites (N-methyl/N-ethyl adjacent to an activating group) is 1. The molecule has 0 bridgehead atoms. The van der Waals surface area contributed by atoms with Gasteiger partial charge in [0.15, 0.2) is 22.3 Å². The number of nitrogens with zero attached hydrogens (tertiary/aromatic N) is 4. The van der Waals surface area contributed by atoms with Crippen LogP contribution < -0.4 is 16.4 Å². The molecule has 3 amide bonds. The number of carboxylic acids is 1. The Balaban J connectivity index is 1.27. The van der Waals surface area contributed by atoms with Crippen molar-refractivity contribution in [1.29, 1.82) is 0 Å². The van der Waals surface area contributed by atoms with Gasteiger partial charge in [-0.1, -0.05) is 23.7 Å². The Morgan fingerprint density at radius 1 is 1.25 bits per heavy atom. The first-order valence-corrected chi connectivity index (χ1v) is 18.6. The van der Waals surface area contributed by atoms with E-state index in [2.05, 4.69) is 41.7 Å². The number of benzene rings is 1. The van der Waals surface area contributed by atoms with Crippen molar-refractivity contribution < 1.29 is 43.8 Å². The van der Waals surface area contributed by atoms with Crippen LogP contribution in [0.25, 0.3) is 0 Å². The molecule has 3 aliphatic heterocycles. The number of carbonyl (C=O) groups excluding carboxylic acids is 3. The predicted molar refractivity (Wildman–Crippen MR) is 193 cm³/mol. The number of thioether (sulfide) groups is 1. The maximum absolute atomic E-state index is 13.6. The van der Waals surface area contributed by atoms with Gasteiger partial charge in [-0.05, 0) is 46.2 Å². The van der Waals surface area contributed by atoms with Crippen LogP contribution in [0.2, 0.25) is 5.02 Å². The first-order chi connectivity index (χ1) is 23.9. The molecule has 0 aliphatic carbocycles. The lowest BCUT2D eigenvalue weighted by atomic mass is 9.90. The highest BCUT2D eigenvalue weighted by Gasteiger charge is 2.54. The molecule has 15 nitrogen and oxygen atoms in total. The fourth-order valence-electron chi connectivity index (χ4n) is 6.75. The second-order valence-corrected chi connectivity index (χ2v) is 16.5. The smallest absolute Gasteiger partial charge is 0.350 e. The standard InChI is InChI=1S/C33H42ClN7O8S2/c1-7-18-12-17(36-27(44)19-8-9-22(42)26(43)23(19)34)10-11-41(18,6)13-20-15(2)40-29(46)25(30(40)51-16(20)3)38-28(45)24(21-14-50-32(35)37-21)39-49-33(4,5)31(47)48/h8-9,14,16-18,25,30H,7,10-13H2,1-6H3,(H6-,35,36,37,38,39,42,43,44,45,47,48)/p+1/t16-,17+,18+,25+,30+,41+/m0/s1. The maximum atomic E-state index is 13.6. The van der Waals surface area contributed by atoms with Crippen molar-refractivity contribution in [1.82, 2.24) is 20.5 Å². The normalized spacial score (nSPS) is 26.6. The number of fused-ring (bicyclic) bond motifs is 1. The Hall–Kier alpha value is -4.06. The van der Waals surface area contributed by atoms with Crippen LogP contribution in [-0.4, -0.2) is 114 Å². The van der Waals surface area contributed by atoms with E-state index in [0.717, 1.165) is 46.5 Å². The summed E-state index contributed by atoms with van der Waals surface area (Å²) in [5.74, 6) is -3.66. The zero-order valence-corrected chi connectivity index (χ0v) is 31.5. The summed E-state index contributed by atoms with van der Waals surface area (Å²) in [5, 5.41) is 39.9. The van der Waals surface area contributed by atoms with Crippen LogP contribution in [0.15, 0.2) is 33.9 Å². The minimum atomic E-state index is -1.73. The van der Waals surface area contributed by atoms with E-state index in [1.165, 1.54) is 31.4 Å².